The number of benzene rings is 2. The van der Waals surface area contributed by atoms with Crippen LogP contribution in [0.1, 0.15) is 32.3 Å². The number of hydrogen-bond donors (Lipinski definition) is 0. The van der Waals surface area contributed by atoms with Gasteiger partial charge >= 0.3 is 12.1 Å². The SMILES string of the molecule is CCCCOCC1O[C@@H](Sc2ccccc2)C2[C@@H](OC(=O)N2Cc2ccccc2)[C@@H]1OC(C)=O. The fourth-order valence-electron chi connectivity index (χ4n) is 4.25. The van der Waals surface area contributed by atoms with Gasteiger partial charge in [0, 0.05) is 25.0 Å². The zero-order chi connectivity index (χ0) is 23.9. The zero-order valence-corrected chi connectivity index (χ0v) is 20.3. The highest BCUT2D eigenvalue weighted by Gasteiger charge is 2.57. The van der Waals surface area contributed by atoms with Gasteiger partial charge in [-0.2, -0.15) is 0 Å². The van der Waals surface area contributed by atoms with E-state index in [9.17, 15) is 9.59 Å². The highest BCUT2D eigenvalue weighted by atomic mass is 32.2. The molecule has 0 aromatic heterocycles. The maximum atomic E-state index is 13.0. The minimum Gasteiger partial charge on any atom is -0.456 e. The highest BCUT2D eigenvalue weighted by molar-refractivity contribution is 7.99. The summed E-state index contributed by atoms with van der Waals surface area (Å²) in [6.07, 6.45) is -0.448. The number of fused-ring (bicyclic) bond motifs is 1. The van der Waals surface area contributed by atoms with Gasteiger partial charge in [0.15, 0.2) is 12.2 Å². The van der Waals surface area contributed by atoms with E-state index in [4.69, 9.17) is 18.9 Å². The van der Waals surface area contributed by atoms with Crippen molar-refractivity contribution >= 4 is 23.8 Å². The van der Waals surface area contributed by atoms with E-state index in [1.807, 2.05) is 60.7 Å². The lowest BCUT2D eigenvalue weighted by molar-refractivity contribution is -0.195. The van der Waals surface area contributed by atoms with Crippen molar-refractivity contribution in [3.05, 3.63) is 66.2 Å². The van der Waals surface area contributed by atoms with E-state index in [2.05, 4.69) is 6.92 Å². The normalized spacial score (nSPS) is 26.1. The quantitative estimate of drug-likeness (QED) is 0.358. The first-order valence-electron chi connectivity index (χ1n) is 11.7. The summed E-state index contributed by atoms with van der Waals surface area (Å²) in [5.41, 5.74) is 0.562. The lowest BCUT2D eigenvalue weighted by Gasteiger charge is -2.43. The fraction of sp³-hybridized carbons (Fsp3) is 0.462. The molecule has 2 unspecified atom stereocenters. The van der Waals surface area contributed by atoms with Crippen LogP contribution in [0.2, 0.25) is 0 Å². The molecule has 2 aliphatic heterocycles. The van der Waals surface area contributed by atoms with Crippen molar-refractivity contribution in [1.29, 1.82) is 0 Å². The molecule has 2 aromatic rings. The first kappa shape index (κ1) is 24.6. The second kappa shape index (κ2) is 11.7. The van der Waals surface area contributed by atoms with Crippen molar-refractivity contribution in [2.45, 2.75) is 67.9 Å². The number of esters is 1. The molecule has 2 aromatic carbocycles. The Labute approximate surface area is 204 Å². The van der Waals surface area contributed by atoms with Crippen LogP contribution >= 0.6 is 11.8 Å². The van der Waals surface area contributed by atoms with E-state index in [-0.39, 0.29) is 6.61 Å². The van der Waals surface area contributed by atoms with Gasteiger partial charge in [0.05, 0.1) is 6.61 Å². The summed E-state index contributed by atoms with van der Waals surface area (Å²) in [6.45, 7) is 4.67. The van der Waals surface area contributed by atoms with Crippen LogP contribution in [-0.4, -0.2) is 60.0 Å². The molecule has 1 amide bonds. The number of amides is 1. The smallest absolute Gasteiger partial charge is 0.411 e. The molecule has 0 spiro atoms. The molecular weight excluding hydrogens is 454 g/mol. The molecule has 0 radical (unpaired) electrons. The van der Waals surface area contributed by atoms with E-state index in [1.165, 1.54) is 18.7 Å². The average Bonchev–Trinajstić information content (AvgIpc) is 3.16. The molecule has 2 fully saturated rings. The number of carbonyl (C=O) groups excluding carboxylic acids is 2. The van der Waals surface area contributed by atoms with Crippen LogP contribution in [-0.2, 0) is 30.3 Å². The molecule has 2 aliphatic rings. The third kappa shape index (κ3) is 5.92. The van der Waals surface area contributed by atoms with Crippen molar-refractivity contribution < 1.29 is 28.5 Å². The summed E-state index contributed by atoms with van der Waals surface area (Å²) in [5.74, 6) is -0.447. The van der Waals surface area contributed by atoms with Crippen LogP contribution in [0, 0.1) is 0 Å². The van der Waals surface area contributed by atoms with Crippen LogP contribution < -0.4 is 0 Å². The fourth-order valence-corrected chi connectivity index (χ4v) is 5.48. The van der Waals surface area contributed by atoms with Gasteiger partial charge < -0.3 is 18.9 Å². The predicted molar refractivity (Wildman–Crippen MR) is 128 cm³/mol. The molecule has 8 heteroatoms. The third-order valence-electron chi connectivity index (χ3n) is 5.86. The lowest BCUT2D eigenvalue weighted by Crippen LogP contribution is -2.60. The van der Waals surface area contributed by atoms with Gasteiger partial charge in [-0.05, 0) is 24.1 Å². The molecule has 5 atom stereocenters. The monoisotopic (exact) mass is 485 g/mol. The van der Waals surface area contributed by atoms with Crippen molar-refractivity contribution in [1.82, 2.24) is 4.90 Å². The number of ether oxygens (including phenoxy) is 4. The predicted octanol–water partition coefficient (Wildman–Crippen LogP) is 4.64. The molecule has 2 saturated heterocycles. The molecule has 182 valence electrons. The van der Waals surface area contributed by atoms with Crippen molar-refractivity contribution in [3.8, 4) is 0 Å². The van der Waals surface area contributed by atoms with Crippen molar-refractivity contribution in [3.63, 3.8) is 0 Å². The van der Waals surface area contributed by atoms with Gasteiger partial charge in [-0.25, -0.2) is 4.79 Å². The Morgan fingerprint density at radius 2 is 1.79 bits per heavy atom. The van der Waals surface area contributed by atoms with E-state index < -0.39 is 41.9 Å². The molecule has 0 saturated carbocycles. The number of nitrogens with zero attached hydrogens (tertiary/aromatic N) is 1. The van der Waals surface area contributed by atoms with Gasteiger partial charge in [-0.1, -0.05) is 73.6 Å². The lowest BCUT2D eigenvalue weighted by atomic mass is 9.97. The molecule has 0 bridgehead atoms. The van der Waals surface area contributed by atoms with E-state index >= 15 is 0 Å². The van der Waals surface area contributed by atoms with E-state index in [1.54, 1.807) is 4.90 Å². The summed E-state index contributed by atoms with van der Waals surface area (Å²) >= 11 is 1.53. The Hall–Kier alpha value is -2.55. The van der Waals surface area contributed by atoms with Gasteiger partial charge in [0.2, 0.25) is 0 Å². The Bertz CT molecular complexity index is 943. The second-order valence-electron chi connectivity index (χ2n) is 8.43. The summed E-state index contributed by atoms with van der Waals surface area (Å²) in [7, 11) is 0. The summed E-state index contributed by atoms with van der Waals surface area (Å²) in [6, 6.07) is 19.2. The Morgan fingerprint density at radius 3 is 2.47 bits per heavy atom. The van der Waals surface area contributed by atoms with Crippen LogP contribution in [0.5, 0.6) is 0 Å². The van der Waals surface area contributed by atoms with Crippen LogP contribution in [0.3, 0.4) is 0 Å². The number of rotatable bonds is 10. The minimum atomic E-state index is -0.749. The number of hydrogen-bond acceptors (Lipinski definition) is 7. The Balaban J connectivity index is 1.62. The van der Waals surface area contributed by atoms with Crippen LogP contribution in [0.15, 0.2) is 65.6 Å². The number of carbonyl (C=O) groups is 2. The number of unbranched alkanes of at least 4 members (excludes halogenated alkanes) is 1. The minimum absolute atomic E-state index is 0.253. The number of thioether (sulfide) groups is 1. The first-order chi connectivity index (χ1) is 16.6. The maximum absolute atomic E-state index is 13.0. The largest absolute Gasteiger partial charge is 0.456 e. The zero-order valence-electron chi connectivity index (χ0n) is 19.5. The van der Waals surface area contributed by atoms with Gasteiger partial charge in [0.25, 0.3) is 0 Å². The van der Waals surface area contributed by atoms with Gasteiger partial charge in [0.1, 0.15) is 17.6 Å². The molecule has 0 N–H and O–H groups in total. The highest BCUT2D eigenvalue weighted by Crippen LogP contribution is 2.41. The maximum Gasteiger partial charge on any atom is 0.411 e. The van der Waals surface area contributed by atoms with E-state index in [0.717, 1.165) is 23.3 Å². The van der Waals surface area contributed by atoms with Crippen LogP contribution in [0.4, 0.5) is 4.79 Å². The molecule has 0 aliphatic carbocycles. The van der Waals surface area contributed by atoms with Gasteiger partial charge in [-0.15, -0.1) is 0 Å². The second-order valence-corrected chi connectivity index (χ2v) is 9.60. The average molecular weight is 486 g/mol. The molecule has 2 heterocycles. The topological polar surface area (TPSA) is 74.3 Å². The van der Waals surface area contributed by atoms with E-state index in [0.29, 0.717) is 13.2 Å². The summed E-state index contributed by atoms with van der Waals surface area (Å²) in [5, 5.41) is 0. The Kier molecular flexibility index (Phi) is 8.48. The summed E-state index contributed by atoms with van der Waals surface area (Å²) in [4.78, 5) is 27.7. The van der Waals surface area contributed by atoms with Gasteiger partial charge in [-0.3, -0.25) is 9.69 Å². The first-order valence-corrected chi connectivity index (χ1v) is 12.6. The summed E-state index contributed by atoms with van der Waals surface area (Å²) < 4.78 is 23.9. The van der Waals surface area contributed by atoms with Crippen molar-refractivity contribution in [2.75, 3.05) is 13.2 Å². The molecular formula is C26H31NO6S. The molecule has 4 rings (SSSR count). The molecule has 34 heavy (non-hydrogen) atoms. The molecule has 7 nitrogen and oxygen atoms in total. The van der Waals surface area contributed by atoms with Crippen molar-refractivity contribution in [2.24, 2.45) is 0 Å². The van der Waals surface area contributed by atoms with Crippen LogP contribution in [0.25, 0.3) is 0 Å². The third-order valence-corrected chi connectivity index (χ3v) is 7.03. The Morgan fingerprint density at radius 1 is 1.09 bits per heavy atom. The standard InChI is InChI=1S/C26H31NO6S/c1-3-4-15-30-17-21-23(31-18(2)28)24-22(25(32-21)34-20-13-9-6-10-14-20)27(26(29)33-24)16-19-11-7-5-8-12-19/h5-14,21-25H,3-4,15-17H2,1-2H3/t21?,22?,23-,24-,25+/m1/s1.